The first-order chi connectivity index (χ1) is 8.51. The normalized spacial score (nSPS) is 41.0. The number of hydrogen-bond acceptors (Lipinski definition) is 2. The molecule has 18 heavy (non-hydrogen) atoms. The van der Waals surface area contributed by atoms with Gasteiger partial charge >= 0.3 is 0 Å². The minimum absolute atomic E-state index is 0.0980. The number of piperidine rings is 1. The fourth-order valence-corrected chi connectivity index (χ4v) is 3.44. The molecule has 1 aliphatic heterocycles. The van der Waals surface area contributed by atoms with Crippen LogP contribution in [0, 0.1) is 17.3 Å². The molecule has 0 bridgehead atoms. The molecule has 3 rings (SSSR count). The van der Waals surface area contributed by atoms with Crippen LogP contribution in [0.15, 0.2) is 0 Å². The van der Waals surface area contributed by atoms with E-state index < -0.39 is 0 Å². The molecular weight excluding hydrogens is 228 g/mol. The third-order valence-corrected chi connectivity index (χ3v) is 5.02. The first-order valence-corrected chi connectivity index (χ1v) is 7.10. The Morgan fingerprint density at radius 3 is 2.67 bits per heavy atom. The van der Waals surface area contributed by atoms with E-state index in [4.69, 9.17) is 0 Å². The van der Waals surface area contributed by atoms with E-state index >= 15 is 0 Å². The van der Waals surface area contributed by atoms with E-state index in [1.54, 1.807) is 0 Å². The molecule has 1 saturated heterocycles. The van der Waals surface area contributed by atoms with Crippen LogP contribution in [-0.2, 0) is 9.59 Å². The van der Waals surface area contributed by atoms with Crippen molar-refractivity contribution in [2.75, 3.05) is 13.1 Å². The van der Waals surface area contributed by atoms with Gasteiger partial charge in [-0.15, -0.1) is 0 Å². The molecule has 2 saturated carbocycles. The Bertz CT molecular complexity index is 389. The number of carbonyl (C=O) groups is 2. The molecule has 4 nitrogen and oxygen atoms in total. The zero-order valence-electron chi connectivity index (χ0n) is 11.2. The predicted molar refractivity (Wildman–Crippen MR) is 67.7 cm³/mol. The van der Waals surface area contributed by atoms with Gasteiger partial charge in [-0.05, 0) is 30.6 Å². The lowest BCUT2D eigenvalue weighted by Gasteiger charge is -2.37. The minimum atomic E-state index is 0.0980. The Kier molecular flexibility index (Phi) is 2.65. The molecule has 0 aromatic heterocycles. The van der Waals surface area contributed by atoms with Crippen molar-refractivity contribution in [3.05, 3.63) is 0 Å². The Morgan fingerprint density at radius 2 is 2.11 bits per heavy atom. The molecule has 0 aromatic rings. The number of carbonyl (C=O) groups excluding carboxylic acids is 2. The highest BCUT2D eigenvalue weighted by Crippen LogP contribution is 2.57. The van der Waals surface area contributed by atoms with Gasteiger partial charge in [0.25, 0.3) is 0 Å². The molecule has 2 atom stereocenters. The summed E-state index contributed by atoms with van der Waals surface area (Å²) in [5.41, 5.74) is 0.440. The van der Waals surface area contributed by atoms with Crippen molar-refractivity contribution in [2.24, 2.45) is 17.3 Å². The van der Waals surface area contributed by atoms with E-state index in [0.717, 1.165) is 31.8 Å². The summed E-state index contributed by atoms with van der Waals surface area (Å²) in [4.78, 5) is 25.5. The van der Waals surface area contributed by atoms with E-state index in [-0.39, 0.29) is 17.9 Å². The van der Waals surface area contributed by atoms with Crippen molar-refractivity contribution in [1.82, 2.24) is 10.2 Å². The maximum absolute atomic E-state index is 12.3. The molecule has 3 fully saturated rings. The number of likely N-dealkylation sites (tertiary alicyclic amines) is 1. The number of nitrogens with zero attached hydrogens (tertiary/aromatic N) is 1. The maximum Gasteiger partial charge on any atom is 0.225 e. The van der Waals surface area contributed by atoms with Crippen molar-refractivity contribution >= 4 is 11.8 Å². The zero-order chi connectivity index (χ0) is 12.9. The summed E-state index contributed by atoms with van der Waals surface area (Å²) in [6.07, 6.45) is 3.50. The molecule has 1 N–H and O–H groups in total. The average Bonchev–Trinajstić information content (AvgIpc) is 2.80. The lowest BCUT2D eigenvalue weighted by molar-refractivity contribution is -0.139. The number of amides is 2. The van der Waals surface area contributed by atoms with Crippen molar-refractivity contribution in [1.29, 1.82) is 0 Å². The van der Waals surface area contributed by atoms with Crippen molar-refractivity contribution in [3.63, 3.8) is 0 Å². The summed E-state index contributed by atoms with van der Waals surface area (Å²) >= 11 is 0. The van der Waals surface area contributed by atoms with Crippen LogP contribution in [0.2, 0.25) is 0 Å². The monoisotopic (exact) mass is 250 g/mol. The Hall–Kier alpha value is -1.06. The van der Waals surface area contributed by atoms with Crippen LogP contribution < -0.4 is 5.32 Å². The summed E-state index contributed by atoms with van der Waals surface area (Å²) in [6.45, 7) is 6.07. The highest BCUT2D eigenvalue weighted by Gasteiger charge is 2.58. The third kappa shape index (κ3) is 1.91. The Morgan fingerprint density at radius 1 is 1.39 bits per heavy atom. The third-order valence-electron chi connectivity index (χ3n) is 5.02. The standard InChI is InChI=1S/C14H22N2O2/c1-3-12(17)15-11-4-9(5-11)13(18)16-7-10-6-14(10,2)8-16/h9-11H,3-8H2,1-2H3,(H,15,17)/t9?,10-,11?,14?/m1/s1. The zero-order valence-corrected chi connectivity index (χ0v) is 11.2. The Labute approximate surface area is 108 Å². The van der Waals surface area contributed by atoms with Gasteiger partial charge in [-0.25, -0.2) is 0 Å². The van der Waals surface area contributed by atoms with Gasteiger partial charge in [0.2, 0.25) is 11.8 Å². The second kappa shape index (κ2) is 3.97. The second-order valence-corrected chi connectivity index (χ2v) is 6.56. The van der Waals surface area contributed by atoms with Crippen LogP contribution in [0.3, 0.4) is 0 Å². The van der Waals surface area contributed by atoms with Crippen LogP contribution in [0.25, 0.3) is 0 Å². The van der Waals surface area contributed by atoms with E-state index in [9.17, 15) is 9.59 Å². The predicted octanol–water partition coefficient (Wildman–Crippen LogP) is 1.16. The van der Waals surface area contributed by atoms with E-state index in [1.165, 1.54) is 6.42 Å². The SMILES string of the molecule is CCC(=O)NC1CC(C(=O)N2C[C@H]3CC3(C)C2)C1. The summed E-state index contributed by atoms with van der Waals surface area (Å²) in [6, 6.07) is 0.235. The van der Waals surface area contributed by atoms with Crippen LogP contribution in [0.4, 0.5) is 0 Å². The number of nitrogens with one attached hydrogen (secondary N) is 1. The average molecular weight is 250 g/mol. The smallest absolute Gasteiger partial charge is 0.225 e. The van der Waals surface area contributed by atoms with Crippen molar-refractivity contribution < 1.29 is 9.59 Å². The number of rotatable bonds is 3. The molecule has 2 amide bonds. The fraction of sp³-hybridized carbons (Fsp3) is 0.857. The van der Waals surface area contributed by atoms with Gasteiger partial charge in [0.15, 0.2) is 0 Å². The molecular formula is C14H22N2O2. The van der Waals surface area contributed by atoms with Gasteiger partial charge in [-0.3, -0.25) is 9.59 Å². The van der Waals surface area contributed by atoms with Crippen molar-refractivity contribution in [2.45, 2.75) is 45.6 Å². The molecule has 2 aliphatic carbocycles. The molecule has 3 aliphatic rings. The fourth-order valence-electron chi connectivity index (χ4n) is 3.44. The van der Waals surface area contributed by atoms with Gasteiger partial charge in [0, 0.05) is 31.5 Å². The van der Waals surface area contributed by atoms with Gasteiger partial charge in [-0.1, -0.05) is 13.8 Å². The molecule has 100 valence electrons. The number of fused-ring (bicyclic) bond motifs is 1. The van der Waals surface area contributed by atoms with Gasteiger partial charge in [-0.2, -0.15) is 0 Å². The molecule has 0 aromatic carbocycles. The lowest BCUT2D eigenvalue weighted by atomic mass is 9.79. The highest BCUT2D eigenvalue weighted by molar-refractivity contribution is 5.81. The van der Waals surface area contributed by atoms with E-state index in [0.29, 0.717) is 17.7 Å². The van der Waals surface area contributed by atoms with Crippen LogP contribution >= 0.6 is 0 Å². The maximum atomic E-state index is 12.3. The van der Waals surface area contributed by atoms with Crippen LogP contribution in [-0.4, -0.2) is 35.8 Å². The number of hydrogen-bond donors (Lipinski definition) is 1. The molecule has 4 heteroatoms. The first-order valence-electron chi connectivity index (χ1n) is 7.10. The summed E-state index contributed by atoms with van der Waals surface area (Å²) in [7, 11) is 0. The Balaban J connectivity index is 1.45. The van der Waals surface area contributed by atoms with Gasteiger partial charge in [0.05, 0.1) is 0 Å². The molecule has 0 spiro atoms. The summed E-state index contributed by atoms with van der Waals surface area (Å²) in [5, 5.41) is 2.96. The molecule has 0 radical (unpaired) electrons. The molecule has 1 unspecified atom stereocenters. The highest BCUT2D eigenvalue weighted by atomic mass is 16.2. The van der Waals surface area contributed by atoms with Gasteiger partial charge < -0.3 is 10.2 Å². The minimum Gasteiger partial charge on any atom is -0.353 e. The topological polar surface area (TPSA) is 49.4 Å². The second-order valence-electron chi connectivity index (χ2n) is 6.56. The largest absolute Gasteiger partial charge is 0.353 e. The van der Waals surface area contributed by atoms with Crippen LogP contribution in [0.1, 0.15) is 39.5 Å². The van der Waals surface area contributed by atoms with Gasteiger partial charge in [0.1, 0.15) is 0 Å². The van der Waals surface area contributed by atoms with Crippen molar-refractivity contribution in [3.8, 4) is 0 Å². The molecule has 1 heterocycles. The van der Waals surface area contributed by atoms with E-state index in [1.807, 2.05) is 6.92 Å². The summed E-state index contributed by atoms with van der Waals surface area (Å²) in [5.74, 6) is 1.34. The lowest BCUT2D eigenvalue weighted by Crippen LogP contribution is -2.50. The van der Waals surface area contributed by atoms with E-state index in [2.05, 4.69) is 17.1 Å². The van der Waals surface area contributed by atoms with Crippen LogP contribution in [0.5, 0.6) is 0 Å². The summed E-state index contributed by atoms with van der Waals surface area (Å²) < 4.78 is 0. The first kappa shape index (κ1) is 12.0. The quantitative estimate of drug-likeness (QED) is 0.817.